The lowest BCUT2D eigenvalue weighted by molar-refractivity contribution is 0.0931. The number of nitrogens with one attached hydrogen (secondary N) is 1. The summed E-state index contributed by atoms with van der Waals surface area (Å²) >= 11 is 1.46. The minimum Gasteiger partial charge on any atom is -0.342 e. The highest BCUT2D eigenvalue weighted by atomic mass is 35.5. The van der Waals surface area contributed by atoms with Gasteiger partial charge in [-0.3, -0.25) is 9.78 Å². The molecule has 2 heterocycles. The zero-order valence-electron chi connectivity index (χ0n) is 15.5. The smallest absolute Gasteiger partial charge is 0.271 e. The number of pyridine rings is 1. The average molecular weight is 439 g/mol. The van der Waals surface area contributed by atoms with Crippen LogP contribution < -0.4 is 11.1 Å². The number of rotatable bonds is 7. The van der Waals surface area contributed by atoms with Crippen molar-refractivity contribution >= 4 is 42.1 Å². The Bertz CT molecular complexity index is 856. The SMILES string of the molecule is Cc1ccc(CC(NC(=O)c2csc(CCN)n2)c2ccccn2)cc1.Cl.Cl. The summed E-state index contributed by atoms with van der Waals surface area (Å²) in [6, 6.07) is 13.8. The number of thiazole rings is 1. The van der Waals surface area contributed by atoms with E-state index in [4.69, 9.17) is 5.73 Å². The van der Waals surface area contributed by atoms with Crippen molar-refractivity contribution in [2.45, 2.75) is 25.8 Å². The van der Waals surface area contributed by atoms with Crippen LogP contribution in [-0.2, 0) is 12.8 Å². The number of carbonyl (C=O) groups excluding carboxylic acids is 1. The van der Waals surface area contributed by atoms with E-state index in [1.54, 1.807) is 11.6 Å². The summed E-state index contributed by atoms with van der Waals surface area (Å²) in [6.45, 7) is 2.58. The lowest BCUT2D eigenvalue weighted by Gasteiger charge is -2.18. The topological polar surface area (TPSA) is 80.9 Å². The van der Waals surface area contributed by atoms with Gasteiger partial charge in [-0.25, -0.2) is 4.98 Å². The van der Waals surface area contributed by atoms with Crippen molar-refractivity contribution in [2.24, 2.45) is 5.73 Å². The number of nitrogens with two attached hydrogens (primary N) is 1. The van der Waals surface area contributed by atoms with Gasteiger partial charge in [0.1, 0.15) is 5.69 Å². The van der Waals surface area contributed by atoms with Crippen LogP contribution in [0.2, 0.25) is 0 Å². The summed E-state index contributed by atoms with van der Waals surface area (Å²) in [4.78, 5) is 21.5. The molecule has 0 bridgehead atoms. The normalized spacial score (nSPS) is 11.1. The van der Waals surface area contributed by atoms with Gasteiger partial charge in [0.05, 0.1) is 16.7 Å². The Morgan fingerprint density at radius 1 is 1.18 bits per heavy atom. The molecule has 3 aromatic rings. The molecule has 3 N–H and O–H groups in total. The van der Waals surface area contributed by atoms with E-state index in [0.717, 1.165) is 16.3 Å². The maximum absolute atomic E-state index is 12.7. The van der Waals surface area contributed by atoms with Crippen molar-refractivity contribution in [1.29, 1.82) is 0 Å². The Morgan fingerprint density at radius 3 is 2.57 bits per heavy atom. The Labute approximate surface area is 181 Å². The van der Waals surface area contributed by atoms with Crippen LogP contribution in [0.3, 0.4) is 0 Å². The van der Waals surface area contributed by atoms with Gasteiger partial charge in [0.2, 0.25) is 0 Å². The molecule has 0 spiro atoms. The number of carbonyl (C=O) groups is 1. The van der Waals surface area contributed by atoms with E-state index in [9.17, 15) is 4.79 Å². The van der Waals surface area contributed by atoms with Crippen LogP contribution in [0, 0.1) is 6.92 Å². The van der Waals surface area contributed by atoms with Crippen molar-refractivity contribution in [1.82, 2.24) is 15.3 Å². The molecule has 0 saturated carbocycles. The number of amides is 1. The van der Waals surface area contributed by atoms with Crippen molar-refractivity contribution in [3.8, 4) is 0 Å². The second-order valence-corrected chi connectivity index (χ2v) is 7.08. The molecule has 0 aliphatic rings. The zero-order chi connectivity index (χ0) is 18.4. The Balaban J connectivity index is 0.00000196. The molecule has 1 atom stereocenters. The molecule has 1 amide bonds. The van der Waals surface area contributed by atoms with Gasteiger partial charge in [0, 0.05) is 18.0 Å². The molecule has 150 valence electrons. The number of benzene rings is 1. The Hall–Kier alpha value is -1.99. The first-order valence-electron chi connectivity index (χ1n) is 8.57. The van der Waals surface area contributed by atoms with Crippen molar-refractivity contribution < 1.29 is 4.79 Å². The fourth-order valence-electron chi connectivity index (χ4n) is 2.66. The fourth-order valence-corrected chi connectivity index (χ4v) is 3.45. The molecule has 2 aromatic heterocycles. The lowest BCUT2D eigenvalue weighted by Crippen LogP contribution is -2.30. The Morgan fingerprint density at radius 2 is 1.93 bits per heavy atom. The van der Waals surface area contributed by atoms with Gasteiger partial charge in [0.25, 0.3) is 5.91 Å². The third-order valence-electron chi connectivity index (χ3n) is 4.05. The van der Waals surface area contributed by atoms with Crippen molar-refractivity contribution in [2.75, 3.05) is 6.54 Å². The molecule has 28 heavy (non-hydrogen) atoms. The van der Waals surface area contributed by atoms with Gasteiger partial charge >= 0.3 is 0 Å². The summed E-state index contributed by atoms with van der Waals surface area (Å²) in [5, 5.41) is 5.74. The molecule has 0 saturated heterocycles. The quantitative estimate of drug-likeness (QED) is 0.585. The largest absolute Gasteiger partial charge is 0.342 e. The number of aromatic nitrogens is 2. The van der Waals surface area contributed by atoms with E-state index in [2.05, 4.69) is 46.5 Å². The maximum Gasteiger partial charge on any atom is 0.271 e. The summed E-state index contributed by atoms with van der Waals surface area (Å²) in [5.41, 5.74) is 9.18. The number of hydrogen-bond donors (Lipinski definition) is 2. The number of nitrogens with zero attached hydrogens (tertiary/aromatic N) is 2. The Kier molecular flexibility index (Phi) is 10.1. The highest BCUT2D eigenvalue weighted by Crippen LogP contribution is 2.18. The average Bonchev–Trinajstić information content (AvgIpc) is 3.13. The third-order valence-corrected chi connectivity index (χ3v) is 4.96. The minimum atomic E-state index is -0.217. The van der Waals surface area contributed by atoms with Gasteiger partial charge < -0.3 is 11.1 Å². The van der Waals surface area contributed by atoms with Crippen molar-refractivity contribution in [3.63, 3.8) is 0 Å². The molecule has 1 unspecified atom stereocenters. The third kappa shape index (κ3) is 6.56. The second kappa shape index (κ2) is 11.8. The van der Waals surface area contributed by atoms with E-state index >= 15 is 0 Å². The van der Waals surface area contributed by atoms with Crippen molar-refractivity contribution in [3.05, 3.63) is 81.6 Å². The standard InChI is InChI=1S/C20H22N4OS.2ClH/c1-14-5-7-15(8-6-14)12-17(16-4-2-3-11-22-16)24-20(25)18-13-26-19(23-18)9-10-21;;/h2-8,11,13,17H,9-10,12,21H2,1H3,(H,24,25);2*1H. The predicted octanol–water partition coefficient (Wildman–Crippen LogP) is 3.91. The van der Waals surface area contributed by atoms with Crippen LogP contribution in [0.25, 0.3) is 0 Å². The number of aryl methyl sites for hydroxylation is 1. The molecular formula is C20H24Cl2N4OS. The molecule has 0 fully saturated rings. The van der Waals surface area contributed by atoms with Gasteiger partial charge in [-0.05, 0) is 37.6 Å². The van der Waals surface area contributed by atoms with E-state index in [-0.39, 0.29) is 36.8 Å². The highest BCUT2D eigenvalue weighted by molar-refractivity contribution is 7.09. The first kappa shape index (κ1) is 24.0. The van der Waals surface area contributed by atoms with Gasteiger partial charge in [-0.2, -0.15) is 0 Å². The summed E-state index contributed by atoms with van der Waals surface area (Å²) < 4.78 is 0. The number of halogens is 2. The van der Waals surface area contributed by atoms with Crippen LogP contribution >= 0.6 is 36.2 Å². The molecule has 1 aromatic carbocycles. The number of hydrogen-bond acceptors (Lipinski definition) is 5. The van der Waals surface area contributed by atoms with Gasteiger partial charge in [0.15, 0.2) is 0 Å². The lowest BCUT2D eigenvalue weighted by atomic mass is 10.0. The zero-order valence-corrected chi connectivity index (χ0v) is 17.9. The molecule has 0 aliphatic heterocycles. The first-order valence-corrected chi connectivity index (χ1v) is 9.45. The highest BCUT2D eigenvalue weighted by Gasteiger charge is 2.19. The first-order chi connectivity index (χ1) is 12.7. The fraction of sp³-hybridized carbons (Fsp3) is 0.250. The van der Waals surface area contributed by atoms with E-state index in [1.807, 2.05) is 18.2 Å². The maximum atomic E-state index is 12.7. The van der Waals surface area contributed by atoms with Crippen LogP contribution in [0.15, 0.2) is 54.0 Å². The molecule has 5 nitrogen and oxygen atoms in total. The minimum absolute atomic E-state index is 0. The molecular weight excluding hydrogens is 415 g/mol. The predicted molar refractivity (Wildman–Crippen MR) is 119 cm³/mol. The molecule has 0 radical (unpaired) electrons. The molecule has 8 heteroatoms. The summed E-state index contributed by atoms with van der Waals surface area (Å²) in [7, 11) is 0. The van der Waals surface area contributed by atoms with Crippen LogP contribution in [-0.4, -0.2) is 22.4 Å². The summed E-state index contributed by atoms with van der Waals surface area (Å²) in [5.74, 6) is -0.188. The van der Waals surface area contributed by atoms with Crippen LogP contribution in [0.4, 0.5) is 0 Å². The van der Waals surface area contributed by atoms with Gasteiger partial charge in [-0.15, -0.1) is 36.2 Å². The van der Waals surface area contributed by atoms with E-state index < -0.39 is 0 Å². The van der Waals surface area contributed by atoms with E-state index in [0.29, 0.717) is 25.1 Å². The van der Waals surface area contributed by atoms with Crippen LogP contribution in [0.1, 0.15) is 38.4 Å². The van der Waals surface area contributed by atoms with Crippen LogP contribution in [0.5, 0.6) is 0 Å². The summed E-state index contributed by atoms with van der Waals surface area (Å²) in [6.07, 6.45) is 3.10. The molecule has 3 rings (SSSR count). The monoisotopic (exact) mass is 438 g/mol. The molecule has 0 aliphatic carbocycles. The van der Waals surface area contributed by atoms with E-state index in [1.165, 1.54) is 16.9 Å². The van der Waals surface area contributed by atoms with Gasteiger partial charge in [-0.1, -0.05) is 35.9 Å². The second-order valence-electron chi connectivity index (χ2n) is 6.14.